The Morgan fingerprint density at radius 3 is 2.30 bits per heavy atom. The average Bonchev–Trinajstić information content (AvgIpc) is 2.81. The van der Waals surface area contributed by atoms with E-state index in [2.05, 4.69) is 5.32 Å². The van der Waals surface area contributed by atoms with Crippen molar-refractivity contribution in [1.29, 1.82) is 0 Å². The molecule has 202 valence electrons. The molecule has 10 nitrogen and oxygen atoms in total. The second-order valence-electron chi connectivity index (χ2n) is 9.25. The molecule has 11 heteroatoms. The molecule has 0 heterocycles. The van der Waals surface area contributed by atoms with Gasteiger partial charge in [-0.2, -0.15) is 0 Å². The molecule has 2 atom stereocenters. The van der Waals surface area contributed by atoms with Crippen LogP contribution in [0, 0.1) is 24.0 Å². The molecule has 2 aromatic rings. The number of hydrogen-bond donors (Lipinski definition) is 1. The Balaban J connectivity index is 2.53. The summed E-state index contributed by atoms with van der Waals surface area (Å²) in [5.41, 5.74) is 1.97. The van der Waals surface area contributed by atoms with Gasteiger partial charge in [0.05, 0.1) is 16.9 Å². The van der Waals surface area contributed by atoms with Crippen molar-refractivity contribution in [1.82, 2.24) is 10.2 Å². The van der Waals surface area contributed by atoms with Crippen molar-refractivity contribution in [3.63, 3.8) is 0 Å². The molecular formula is C26H36N4O6S. The Morgan fingerprint density at radius 1 is 1.08 bits per heavy atom. The number of amides is 2. The summed E-state index contributed by atoms with van der Waals surface area (Å²) in [5.74, 6) is -0.917. The van der Waals surface area contributed by atoms with Gasteiger partial charge in [0.25, 0.3) is 5.69 Å². The van der Waals surface area contributed by atoms with Gasteiger partial charge in [0.15, 0.2) is 0 Å². The molecule has 0 aromatic heterocycles. The summed E-state index contributed by atoms with van der Waals surface area (Å²) < 4.78 is 26.4. The van der Waals surface area contributed by atoms with Crippen molar-refractivity contribution in [2.75, 3.05) is 17.1 Å². The van der Waals surface area contributed by atoms with Crippen molar-refractivity contribution in [2.45, 2.75) is 66.1 Å². The van der Waals surface area contributed by atoms with Crippen molar-refractivity contribution in [3.05, 3.63) is 69.3 Å². The maximum atomic E-state index is 13.8. The van der Waals surface area contributed by atoms with E-state index in [-0.39, 0.29) is 29.9 Å². The van der Waals surface area contributed by atoms with E-state index in [4.69, 9.17) is 0 Å². The lowest BCUT2D eigenvalue weighted by Gasteiger charge is -2.33. The molecule has 2 aromatic carbocycles. The number of carbonyl (C=O) groups is 2. The first-order valence-electron chi connectivity index (χ1n) is 12.2. The highest BCUT2D eigenvalue weighted by atomic mass is 32.2. The molecule has 0 aliphatic heterocycles. The normalized spacial score (nSPS) is 12.9. The number of anilines is 1. The topological polar surface area (TPSA) is 130 Å². The van der Waals surface area contributed by atoms with Crippen molar-refractivity contribution < 1.29 is 22.9 Å². The zero-order valence-corrected chi connectivity index (χ0v) is 23.0. The molecule has 0 saturated heterocycles. The molecular weight excluding hydrogens is 496 g/mol. The Morgan fingerprint density at radius 2 is 1.76 bits per heavy atom. The van der Waals surface area contributed by atoms with Gasteiger partial charge in [0.2, 0.25) is 21.8 Å². The fraction of sp³-hybridized carbons (Fsp3) is 0.462. The summed E-state index contributed by atoms with van der Waals surface area (Å²) in [5, 5.41) is 14.2. The molecule has 0 radical (unpaired) electrons. The van der Waals surface area contributed by atoms with Gasteiger partial charge in [0, 0.05) is 24.7 Å². The molecule has 0 spiro atoms. The molecule has 0 aliphatic rings. The van der Waals surface area contributed by atoms with Crippen LogP contribution in [0.5, 0.6) is 0 Å². The number of aryl methyl sites for hydroxylation is 2. The van der Waals surface area contributed by atoms with Crippen LogP contribution in [0.4, 0.5) is 11.4 Å². The monoisotopic (exact) mass is 532 g/mol. The summed E-state index contributed by atoms with van der Waals surface area (Å²) in [4.78, 5) is 39.0. The Labute approximate surface area is 218 Å². The molecule has 1 N–H and O–H groups in total. The third-order valence-corrected chi connectivity index (χ3v) is 7.30. The van der Waals surface area contributed by atoms with Crippen molar-refractivity contribution in [2.24, 2.45) is 0 Å². The van der Waals surface area contributed by atoms with E-state index in [1.807, 2.05) is 45.0 Å². The Hall–Kier alpha value is -3.47. The van der Waals surface area contributed by atoms with E-state index in [0.717, 1.165) is 27.8 Å². The predicted octanol–water partition coefficient (Wildman–Crippen LogP) is 3.70. The average molecular weight is 533 g/mol. The van der Waals surface area contributed by atoms with Crippen LogP contribution in [0.3, 0.4) is 0 Å². The minimum atomic E-state index is -4.00. The highest BCUT2D eigenvalue weighted by Crippen LogP contribution is 2.28. The molecule has 0 aliphatic carbocycles. The summed E-state index contributed by atoms with van der Waals surface area (Å²) in [6, 6.07) is 10.4. The van der Waals surface area contributed by atoms with Crippen LogP contribution < -0.4 is 9.62 Å². The summed E-state index contributed by atoms with van der Waals surface area (Å²) >= 11 is 0. The minimum Gasteiger partial charge on any atom is -0.352 e. The first-order chi connectivity index (χ1) is 17.3. The first-order valence-corrected chi connectivity index (χ1v) is 14.0. The lowest BCUT2D eigenvalue weighted by Crippen LogP contribution is -2.53. The number of sulfonamides is 1. The molecule has 0 unspecified atom stereocenters. The summed E-state index contributed by atoms with van der Waals surface area (Å²) in [6.07, 6.45) is 1.97. The van der Waals surface area contributed by atoms with Crippen LogP contribution in [0.1, 0.15) is 50.3 Å². The summed E-state index contributed by atoms with van der Waals surface area (Å²) in [7, 11) is -4.00. The van der Waals surface area contributed by atoms with Gasteiger partial charge < -0.3 is 10.2 Å². The maximum Gasteiger partial charge on any atom is 0.271 e. The number of nitrogens with one attached hydrogen (secondary N) is 1. The third-order valence-electron chi connectivity index (χ3n) is 6.17. The van der Waals surface area contributed by atoms with Crippen LogP contribution in [0.25, 0.3) is 0 Å². The second kappa shape index (κ2) is 12.7. The van der Waals surface area contributed by atoms with E-state index >= 15 is 0 Å². The van der Waals surface area contributed by atoms with Gasteiger partial charge in [0.1, 0.15) is 12.6 Å². The zero-order chi connectivity index (χ0) is 27.9. The van der Waals surface area contributed by atoms with Gasteiger partial charge >= 0.3 is 0 Å². The number of carbonyl (C=O) groups excluding carboxylic acids is 2. The van der Waals surface area contributed by atoms with E-state index in [9.17, 15) is 28.1 Å². The van der Waals surface area contributed by atoms with E-state index in [1.165, 1.54) is 17.0 Å². The molecule has 2 amide bonds. The van der Waals surface area contributed by atoms with Crippen molar-refractivity contribution in [3.8, 4) is 0 Å². The minimum absolute atomic E-state index is 0.0395. The van der Waals surface area contributed by atoms with Gasteiger partial charge in [-0.25, -0.2) is 8.42 Å². The lowest BCUT2D eigenvalue weighted by atomic mass is 10.1. The largest absolute Gasteiger partial charge is 0.352 e. The summed E-state index contributed by atoms with van der Waals surface area (Å²) in [6.45, 7) is 8.61. The highest BCUT2D eigenvalue weighted by molar-refractivity contribution is 7.92. The van der Waals surface area contributed by atoms with Crippen LogP contribution >= 0.6 is 0 Å². The SMILES string of the molecule is CC[C@@H](C)NC(=O)[C@H](CC)N(Cc1cccc(C)c1)C(=O)CN(c1cc([N+](=O)[O-])ccc1C)S(C)(=O)=O. The maximum absolute atomic E-state index is 13.8. The fourth-order valence-electron chi connectivity index (χ4n) is 3.94. The van der Waals surface area contributed by atoms with Gasteiger partial charge in [-0.15, -0.1) is 0 Å². The predicted molar refractivity (Wildman–Crippen MR) is 144 cm³/mol. The zero-order valence-electron chi connectivity index (χ0n) is 22.2. The van der Waals surface area contributed by atoms with Crippen molar-refractivity contribution >= 4 is 33.2 Å². The highest BCUT2D eigenvalue weighted by Gasteiger charge is 2.33. The third kappa shape index (κ3) is 8.01. The smallest absolute Gasteiger partial charge is 0.271 e. The quantitative estimate of drug-likeness (QED) is 0.328. The molecule has 0 bridgehead atoms. The second-order valence-corrected chi connectivity index (χ2v) is 11.2. The Bertz CT molecular complexity index is 1250. The van der Waals surface area contributed by atoms with Gasteiger partial charge in [-0.05, 0) is 44.7 Å². The number of nitro groups is 1. The van der Waals surface area contributed by atoms with E-state index in [1.54, 1.807) is 13.8 Å². The van der Waals surface area contributed by atoms with Crippen LogP contribution in [0.2, 0.25) is 0 Å². The Kier molecular flexibility index (Phi) is 10.2. The standard InChI is InChI=1S/C26H36N4O6S/c1-7-20(5)27-26(32)23(8-2)28(16-21-11-9-10-18(3)14-21)25(31)17-29(37(6,35)36)24-15-22(30(33)34)13-12-19(24)4/h9-15,20,23H,7-8,16-17H2,1-6H3,(H,27,32)/t20-,23+/m1/s1. The van der Waals surface area contributed by atoms with Crippen LogP contribution in [-0.4, -0.2) is 54.9 Å². The lowest BCUT2D eigenvalue weighted by molar-refractivity contribution is -0.384. The van der Waals surface area contributed by atoms with Crippen LogP contribution in [-0.2, 0) is 26.2 Å². The molecule has 0 saturated carbocycles. The van der Waals surface area contributed by atoms with Gasteiger partial charge in [-0.1, -0.05) is 49.7 Å². The molecule has 37 heavy (non-hydrogen) atoms. The number of nitrogens with zero attached hydrogens (tertiary/aromatic N) is 3. The number of benzene rings is 2. The van der Waals surface area contributed by atoms with Gasteiger partial charge in [-0.3, -0.25) is 24.0 Å². The number of nitro benzene ring substituents is 1. The molecule has 2 rings (SSSR count). The first kappa shape index (κ1) is 29.8. The van der Waals surface area contributed by atoms with Crippen LogP contribution in [0.15, 0.2) is 42.5 Å². The number of non-ortho nitro benzene ring substituents is 1. The van der Waals surface area contributed by atoms with E-state index in [0.29, 0.717) is 18.4 Å². The number of hydrogen-bond acceptors (Lipinski definition) is 6. The van der Waals surface area contributed by atoms with E-state index < -0.39 is 33.4 Å². The molecule has 0 fully saturated rings. The fourth-order valence-corrected chi connectivity index (χ4v) is 4.84. The number of rotatable bonds is 12.